The predicted molar refractivity (Wildman–Crippen MR) is 96.7 cm³/mol. The van der Waals surface area contributed by atoms with Gasteiger partial charge in [0.15, 0.2) is 0 Å². The van der Waals surface area contributed by atoms with Gasteiger partial charge in [-0.2, -0.15) is 0 Å². The summed E-state index contributed by atoms with van der Waals surface area (Å²) in [6.45, 7) is -0.106. The van der Waals surface area contributed by atoms with E-state index >= 15 is 0 Å². The first-order chi connectivity index (χ1) is 12.8. The van der Waals surface area contributed by atoms with Crippen LogP contribution in [0.2, 0.25) is 0 Å². The van der Waals surface area contributed by atoms with E-state index in [1.54, 1.807) is 6.07 Å². The van der Waals surface area contributed by atoms with E-state index in [1.807, 2.05) is 0 Å². The summed E-state index contributed by atoms with van der Waals surface area (Å²) >= 11 is 0. The molecule has 8 nitrogen and oxygen atoms in total. The third-order valence-corrected chi connectivity index (χ3v) is 4.79. The zero-order valence-electron chi connectivity index (χ0n) is 14.0. The number of nitrogens with one attached hydrogen (secondary N) is 2. The van der Waals surface area contributed by atoms with E-state index in [4.69, 9.17) is 0 Å². The Morgan fingerprint density at radius 1 is 1.15 bits per heavy atom. The quantitative estimate of drug-likeness (QED) is 0.307. The van der Waals surface area contributed by atoms with Crippen molar-refractivity contribution in [2.75, 3.05) is 13.1 Å². The zero-order valence-corrected chi connectivity index (χ0v) is 14.8. The van der Waals surface area contributed by atoms with Crippen molar-refractivity contribution in [1.82, 2.24) is 10.0 Å². The minimum Gasteiger partial charge on any atom is -0.351 e. The molecule has 0 saturated heterocycles. The van der Waals surface area contributed by atoms with Crippen LogP contribution in [0.15, 0.2) is 59.5 Å². The Hall–Kier alpha value is -3.11. The van der Waals surface area contributed by atoms with Crippen molar-refractivity contribution >= 4 is 27.7 Å². The lowest BCUT2D eigenvalue weighted by atomic mass is 10.2. The Morgan fingerprint density at radius 3 is 2.59 bits per heavy atom. The van der Waals surface area contributed by atoms with Crippen LogP contribution in [0, 0.1) is 15.9 Å². The topological polar surface area (TPSA) is 118 Å². The Labute approximate surface area is 154 Å². The van der Waals surface area contributed by atoms with Crippen LogP contribution in [0.25, 0.3) is 6.08 Å². The molecule has 0 atom stereocenters. The van der Waals surface area contributed by atoms with Crippen molar-refractivity contribution in [2.45, 2.75) is 4.90 Å². The maximum absolute atomic E-state index is 13.0. The van der Waals surface area contributed by atoms with E-state index in [0.717, 1.165) is 6.07 Å². The fourth-order valence-electron chi connectivity index (χ4n) is 2.06. The molecule has 0 aliphatic heterocycles. The Kier molecular flexibility index (Phi) is 6.74. The first-order valence-corrected chi connectivity index (χ1v) is 9.22. The lowest BCUT2D eigenvalue weighted by Crippen LogP contribution is -2.34. The molecule has 0 bridgehead atoms. The summed E-state index contributed by atoms with van der Waals surface area (Å²) in [7, 11) is -3.94. The number of sulfonamides is 1. The molecule has 1 amide bonds. The minimum absolute atomic E-state index is 0.000477. The lowest BCUT2D eigenvalue weighted by Gasteiger charge is -2.07. The molecule has 27 heavy (non-hydrogen) atoms. The Morgan fingerprint density at radius 2 is 1.89 bits per heavy atom. The molecule has 0 heterocycles. The summed E-state index contributed by atoms with van der Waals surface area (Å²) < 4.78 is 39.5. The standard InChI is InChI=1S/C17H16FN3O5S/c18-14-4-1-3-13(11-14)7-8-17(22)19-9-10-20-27(25,26)16-6-2-5-15(12-16)21(23)24/h1-8,11-12,20H,9-10H2,(H,19,22). The van der Waals surface area contributed by atoms with Gasteiger partial charge in [0.05, 0.1) is 9.82 Å². The molecule has 0 radical (unpaired) electrons. The fraction of sp³-hybridized carbons (Fsp3) is 0.118. The largest absolute Gasteiger partial charge is 0.351 e. The van der Waals surface area contributed by atoms with E-state index in [0.29, 0.717) is 5.56 Å². The normalized spacial score (nSPS) is 11.4. The van der Waals surface area contributed by atoms with E-state index in [2.05, 4.69) is 10.0 Å². The highest BCUT2D eigenvalue weighted by molar-refractivity contribution is 7.89. The smallest absolute Gasteiger partial charge is 0.270 e. The molecule has 0 fully saturated rings. The van der Waals surface area contributed by atoms with Crippen LogP contribution in [-0.4, -0.2) is 32.3 Å². The van der Waals surface area contributed by atoms with Crippen LogP contribution in [0.4, 0.5) is 10.1 Å². The Bertz CT molecular complexity index is 976. The molecule has 10 heteroatoms. The first-order valence-electron chi connectivity index (χ1n) is 7.73. The molecule has 0 spiro atoms. The van der Waals surface area contributed by atoms with Gasteiger partial charge in [-0.05, 0) is 29.8 Å². The summed E-state index contributed by atoms with van der Waals surface area (Å²) in [4.78, 5) is 21.5. The molecule has 0 unspecified atom stereocenters. The molecule has 2 N–H and O–H groups in total. The van der Waals surface area contributed by atoms with Crippen LogP contribution < -0.4 is 10.0 Å². The third-order valence-electron chi connectivity index (χ3n) is 3.33. The number of hydrogen-bond acceptors (Lipinski definition) is 5. The number of nitro groups is 1. The Balaban J connectivity index is 1.84. The summed E-state index contributed by atoms with van der Waals surface area (Å²) in [5.41, 5.74) is 0.171. The van der Waals surface area contributed by atoms with Crippen molar-refractivity contribution in [2.24, 2.45) is 0 Å². The van der Waals surface area contributed by atoms with E-state index < -0.39 is 26.7 Å². The molecular formula is C17H16FN3O5S. The number of benzene rings is 2. The second-order valence-corrected chi connectivity index (χ2v) is 7.10. The molecule has 0 aliphatic carbocycles. The van der Waals surface area contributed by atoms with Gasteiger partial charge in [0, 0.05) is 31.3 Å². The molecule has 142 valence electrons. The number of hydrogen-bond donors (Lipinski definition) is 2. The maximum atomic E-state index is 13.0. The van der Waals surface area contributed by atoms with Gasteiger partial charge in [0.1, 0.15) is 5.82 Å². The van der Waals surface area contributed by atoms with Crippen molar-refractivity contribution in [3.05, 3.63) is 76.1 Å². The summed E-state index contributed by atoms with van der Waals surface area (Å²) in [6, 6.07) is 10.3. The monoisotopic (exact) mass is 393 g/mol. The van der Waals surface area contributed by atoms with Gasteiger partial charge in [-0.1, -0.05) is 18.2 Å². The minimum atomic E-state index is -3.94. The second kappa shape index (κ2) is 9.01. The van der Waals surface area contributed by atoms with Gasteiger partial charge < -0.3 is 5.32 Å². The van der Waals surface area contributed by atoms with Crippen molar-refractivity contribution in [3.63, 3.8) is 0 Å². The van der Waals surface area contributed by atoms with Crippen molar-refractivity contribution in [3.8, 4) is 0 Å². The van der Waals surface area contributed by atoms with Crippen LogP contribution in [0.1, 0.15) is 5.56 Å². The van der Waals surface area contributed by atoms with Gasteiger partial charge in [0.25, 0.3) is 5.69 Å². The molecule has 0 saturated carbocycles. The van der Waals surface area contributed by atoms with E-state index in [9.17, 15) is 27.7 Å². The van der Waals surface area contributed by atoms with Crippen LogP contribution >= 0.6 is 0 Å². The number of rotatable bonds is 8. The second-order valence-electron chi connectivity index (χ2n) is 5.33. The predicted octanol–water partition coefficient (Wildman–Crippen LogP) is 1.84. The number of nitrogens with zero attached hydrogens (tertiary/aromatic N) is 1. The van der Waals surface area contributed by atoms with Crippen LogP contribution in [-0.2, 0) is 14.8 Å². The number of carbonyl (C=O) groups is 1. The highest BCUT2D eigenvalue weighted by Crippen LogP contribution is 2.16. The first kappa shape index (κ1) is 20.2. The SMILES string of the molecule is O=C(C=Cc1cccc(F)c1)NCCNS(=O)(=O)c1cccc([N+](=O)[O-])c1. The number of non-ortho nitro benzene ring substituents is 1. The average Bonchev–Trinajstić information content (AvgIpc) is 2.64. The highest BCUT2D eigenvalue weighted by atomic mass is 32.2. The molecule has 0 aliphatic rings. The third kappa shape index (κ3) is 6.28. The maximum Gasteiger partial charge on any atom is 0.270 e. The number of carbonyl (C=O) groups excluding carboxylic acids is 1. The van der Waals surface area contributed by atoms with Crippen LogP contribution in [0.3, 0.4) is 0 Å². The van der Waals surface area contributed by atoms with Gasteiger partial charge in [-0.15, -0.1) is 0 Å². The van der Waals surface area contributed by atoms with Gasteiger partial charge in [0.2, 0.25) is 15.9 Å². The molecular weight excluding hydrogens is 377 g/mol. The lowest BCUT2D eigenvalue weighted by molar-refractivity contribution is -0.385. The zero-order chi connectivity index (χ0) is 19.9. The molecule has 2 rings (SSSR count). The fourth-order valence-corrected chi connectivity index (χ4v) is 3.13. The van der Waals surface area contributed by atoms with Gasteiger partial charge in [-0.25, -0.2) is 17.5 Å². The number of amides is 1. The molecule has 0 aromatic heterocycles. The average molecular weight is 393 g/mol. The number of halogens is 1. The number of nitro benzene ring substituents is 1. The summed E-state index contributed by atoms with van der Waals surface area (Å²) in [5.74, 6) is -0.901. The molecule has 2 aromatic rings. The van der Waals surface area contributed by atoms with E-state index in [-0.39, 0.29) is 23.7 Å². The van der Waals surface area contributed by atoms with Gasteiger partial charge in [-0.3, -0.25) is 14.9 Å². The van der Waals surface area contributed by atoms with Crippen LogP contribution in [0.5, 0.6) is 0 Å². The summed E-state index contributed by atoms with van der Waals surface area (Å²) in [6.07, 6.45) is 2.62. The molecule has 2 aromatic carbocycles. The van der Waals surface area contributed by atoms with Crippen molar-refractivity contribution < 1.29 is 22.5 Å². The highest BCUT2D eigenvalue weighted by Gasteiger charge is 2.16. The van der Waals surface area contributed by atoms with Crippen molar-refractivity contribution in [1.29, 1.82) is 0 Å². The van der Waals surface area contributed by atoms with Gasteiger partial charge >= 0.3 is 0 Å². The van der Waals surface area contributed by atoms with E-state index in [1.165, 1.54) is 48.6 Å². The summed E-state index contributed by atoms with van der Waals surface area (Å²) in [5, 5.41) is 13.2.